The zero-order chi connectivity index (χ0) is 19.8. The van der Waals surface area contributed by atoms with E-state index in [2.05, 4.69) is 0 Å². The van der Waals surface area contributed by atoms with Crippen LogP contribution in [0.4, 0.5) is 4.79 Å². The molecule has 3 N–H and O–H groups in total. The predicted molar refractivity (Wildman–Crippen MR) is 105 cm³/mol. The van der Waals surface area contributed by atoms with Crippen LogP contribution < -0.4 is 11.1 Å². The third-order valence-corrected chi connectivity index (χ3v) is 5.10. The molecule has 0 aliphatic heterocycles. The first kappa shape index (κ1) is 20.8. The van der Waals surface area contributed by atoms with Gasteiger partial charge in [-0.2, -0.15) is 0 Å². The summed E-state index contributed by atoms with van der Waals surface area (Å²) in [5.41, 5.74) is 6.89. The molecule has 0 heterocycles. The Kier molecular flexibility index (Phi) is 7.69. The fraction of sp³-hybridized carbons (Fsp3) is 0.211. The Morgan fingerprint density at radius 3 is 2.26 bits per heavy atom. The number of amides is 3. The van der Waals surface area contributed by atoms with Crippen molar-refractivity contribution in [2.45, 2.75) is 18.3 Å². The molecule has 0 aliphatic rings. The number of hydrogen-bond donors (Lipinski definition) is 2. The van der Waals surface area contributed by atoms with Crippen LogP contribution in [0.15, 0.2) is 54.6 Å². The summed E-state index contributed by atoms with van der Waals surface area (Å²) in [5, 5.41) is 2.40. The molecule has 0 unspecified atom stereocenters. The Labute approximate surface area is 166 Å². The van der Waals surface area contributed by atoms with Crippen LogP contribution in [-0.2, 0) is 14.3 Å². The predicted octanol–water partition coefficient (Wildman–Crippen LogP) is 3.29. The Balaban J connectivity index is 2.03. The molecule has 2 aromatic rings. The maximum atomic E-state index is 12.1. The number of nitrogens with two attached hydrogens (primary N) is 1. The third-order valence-electron chi connectivity index (χ3n) is 3.57. The smallest absolute Gasteiger partial charge is 0.318 e. The van der Waals surface area contributed by atoms with Gasteiger partial charge in [-0.3, -0.25) is 14.9 Å². The minimum atomic E-state index is -1.11. The highest BCUT2D eigenvalue weighted by atomic mass is 35.5. The van der Waals surface area contributed by atoms with Crippen LogP contribution in [0.2, 0.25) is 5.02 Å². The zero-order valence-corrected chi connectivity index (χ0v) is 16.1. The number of ether oxygens (including phenoxy) is 1. The number of urea groups is 1. The Bertz CT molecular complexity index is 799. The average Bonchev–Trinajstić information content (AvgIpc) is 2.63. The first-order valence-electron chi connectivity index (χ1n) is 8.08. The summed E-state index contributed by atoms with van der Waals surface area (Å²) in [4.78, 5) is 34.4. The van der Waals surface area contributed by atoms with Crippen molar-refractivity contribution in [3.63, 3.8) is 0 Å². The molecule has 2 rings (SSSR count). The van der Waals surface area contributed by atoms with Gasteiger partial charge in [-0.1, -0.05) is 54.1 Å². The molecular weight excluding hydrogens is 388 g/mol. The molecule has 0 saturated carbocycles. The van der Waals surface area contributed by atoms with E-state index in [0.29, 0.717) is 5.02 Å². The summed E-state index contributed by atoms with van der Waals surface area (Å²) in [7, 11) is 0. The molecule has 27 heavy (non-hydrogen) atoms. The standard InChI is InChI=1S/C19H19ClN2O4S/c1-12(18(24)22-19(21)25)26-16(23)11-27-17(13-5-3-2-4-6-13)14-7-9-15(20)10-8-14/h2-10,12,17H,11H2,1H3,(H3,21,22,24,25)/t12-,17+/m1/s1. The average molecular weight is 407 g/mol. The lowest BCUT2D eigenvalue weighted by Gasteiger charge is -2.18. The van der Waals surface area contributed by atoms with Gasteiger partial charge in [0.15, 0.2) is 6.10 Å². The van der Waals surface area contributed by atoms with Crippen LogP contribution in [-0.4, -0.2) is 29.8 Å². The van der Waals surface area contributed by atoms with Gasteiger partial charge in [-0.15, -0.1) is 11.8 Å². The lowest BCUT2D eigenvalue weighted by molar-refractivity contribution is -0.151. The van der Waals surface area contributed by atoms with Crippen LogP contribution in [0, 0.1) is 0 Å². The second-order valence-electron chi connectivity index (χ2n) is 5.64. The summed E-state index contributed by atoms with van der Waals surface area (Å²) in [6.45, 7) is 1.37. The molecule has 0 spiro atoms. The summed E-state index contributed by atoms with van der Waals surface area (Å²) in [6, 6.07) is 16.1. The first-order chi connectivity index (χ1) is 12.9. The molecule has 8 heteroatoms. The number of hydrogen-bond acceptors (Lipinski definition) is 5. The van der Waals surface area contributed by atoms with Crippen molar-refractivity contribution in [1.82, 2.24) is 5.32 Å². The fourth-order valence-electron chi connectivity index (χ4n) is 2.31. The molecule has 0 aromatic heterocycles. The second kappa shape index (κ2) is 9.99. The molecule has 0 fully saturated rings. The molecule has 0 saturated heterocycles. The summed E-state index contributed by atoms with van der Waals surface area (Å²) >= 11 is 7.33. The number of primary amides is 1. The highest BCUT2D eigenvalue weighted by molar-refractivity contribution is 8.00. The van der Waals surface area contributed by atoms with Crippen LogP contribution in [0.25, 0.3) is 0 Å². The maximum Gasteiger partial charge on any atom is 0.318 e. The number of imide groups is 1. The van der Waals surface area contributed by atoms with Crippen LogP contribution in [0.1, 0.15) is 23.3 Å². The van der Waals surface area contributed by atoms with Crippen LogP contribution in [0.5, 0.6) is 0 Å². The van der Waals surface area contributed by atoms with Gasteiger partial charge in [-0.05, 0) is 30.2 Å². The number of esters is 1. The van der Waals surface area contributed by atoms with Gasteiger partial charge in [0, 0.05) is 5.02 Å². The molecule has 0 bridgehead atoms. The quantitative estimate of drug-likeness (QED) is 0.687. The van der Waals surface area contributed by atoms with Crippen molar-refractivity contribution in [3.8, 4) is 0 Å². The van der Waals surface area contributed by atoms with Crippen molar-refractivity contribution in [3.05, 3.63) is 70.7 Å². The van der Waals surface area contributed by atoms with E-state index in [1.165, 1.54) is 18.7 Å². The lowest BCUT2D eigenvalue weighted by Crippen LogP contribution is -2.42. The number of halogens is 1. The van der Waals surface area contributed by atoms with Gasteiger partial charge in [0.25, 0.3) is 5.91 Å². The van der Waals surface area contributed by atoms with Crippen molar-refractivity contribution in [2.24, 2.45) is 5.73 Å². The molecule has 142 valence electrons. The van der Waals surface area contributed by atoms with E-state index in [9.17, 15) is 14.4 Å². The minimum Gasteiger partial charge on any atom is -0.452 e. The number of carbonyl (C=O) groups is 3. The topological polar surface area (TPSA) is 98.5 Å². The summed E-state index contributed by atoms with van der Waals surface area (Å²) in [5.74, 6) is -1.31. The zero-order valence-electron chi connectivity index (χ0n) is 14.6. The molecule has 2 atom stereocenters. The highest BCUT2D eigenvalue weighted by Crippen LogP contribution is 2.36. The Hall–Kier alpha value is -2.51. The lowest BCUT2D eigenvalue weighted by atomic mass is 10.0. The van der Waals surface area contributed by atoms with Gasteiger partial charge >= 0.3 is 12.0 Å². The minimum absolute atomic E-state index is 0.0242. The molecular formula is C19H19ClN2O4S. The molecule has 6 nitrogen and oxygen atoms in total. The van der Waals surface area contributed by atoms with Gasteiger partial charge in [-0.25, -0.2) is 4.79 Å². The number of rotatable bonds is 7. The highest BCUT2D eigenvalue weighted by Gasteiger charge is 2.21. The van der Waals surface area contributed by atoms with Crippen molar-refractivity contribution in [2.75, 3.05) is 5.75 Å². The molecule has 3 amide bonds. The van der Waals surface area contributed by atoms with E-state index in [-0.39, 0.29) is 11.0 Å². The Morgan fingerprint density at radius 1 is 1.07 bits per heavy atom. The van der Waals surface area contributed by atoms with E-state index < -0.39 is 24.0 Å². The van der Waals surface area contributed by atoms with Gasteiger partial charge in [0.2, 0.25) is 0 Å². The van der Waals surface area contributed by atoms with Crippen LogP contribution in [0.3, 0.4) is 0 Å². The normalized spacial score (nSPS) is 12.7. The SMILES string of the molecule is C[C@@H](OC(=O)CS[C@@H](c1ccccc1)c1ccc(Cl)cc1)C(=O)NC(N)=O. The second-order valence-corrected chi connectivity index (χ2v) is 7.17. The molecule has 0 aliphatic carbocycles. The maximum absolute atomic E-state index is 12.1. The number of carbonyl (C=O) groups excluding carboxylic acids is 3. The van der Waals surface area contributed by atoms with E-state index >= 15 is 0 Å². The molecule has 2 aromatic carbocycles. The summed E-state index contributed by atoms with van der Waals surface area (Å²) in [6.07, 6.45) is -1.11. The van der Waals surface area contributed by atoms with E-state index in [0.717, 1.165) is 11.1 Å². The number of thioether (sulfide) groups is 1. The van der Waals surface area contributed by atoms with Crippen LogP contribution >= 0.6 is 23.4 Å². The van der Waals surface area contributed by atoms with Crippen molar-refractivity contribution in [1.29, 1.82) is 0 Å². The van der Waals surface area contributed by atoms with Crippen molar-refractivity contribution >= 4 is 41.3 Å². The fourth-order valence-corrected chi connectivity index (χ4v) is 3.51. The summed E-state index contributed by atoms with van der Waals surface area (Å²) < 4.78 is 5.05. The first-order valence-corrected chi connectivity index (χ1v) is 9.51. The molecule has 0 radical (unpaired) electrons. The van der Waals surface area contributed by atoms with E-state index in [1.807, 2.05) is 47.8 Å². The largest absolute Gasteiger partial charge is 0.452 e. The van der Waals surface area contributed by atoms with E-state index in [1.54, 1.807) is 12.1 Å². The number of benzene rings is 2. The third kappa shape index (κ3) is 6.62. The van der Waals surface area contributed by atoms with Gasteiger partial charge in [0.1, 0.15) is 0 Å². The monoisotopic (exact) mass is 406 g/mol. The van der Waals surface area contributed by atoms with Crippen molar-refractivity contribution < 1.29 is 19.1 Å². The van der Waals surface area contributed by atoms with Gasteiger partial charge < -0.3 is 10.5 Å². The number of nitrogens with one attached hydrogen (secondary N) is 1. The van der Waals surface area contributed by atoms with Gasteiger partial charge in [0.05, 0.1) is 11.0 Å². The Morgan fingerprint density at radius 2 is 1.67 bits per heavy atom. The van der Waals surface area contributed by atoms with E-state index in [4.69, 9.17) is 22.1 Å².